The third-order valence-electron chi connectivity index (χ3n) is 2.58. The maximum Gasteiger partial charge on any atom is 0.316 e. The summed E-state index contributed by atoms with van der Waals surface area (Å²) >= 11 is 1.11. The molecular formula is C14H16N2O3S. The lowest BCUT2D eigenvalue weighted by Crippen LogP contribution is -2.20. The van der Waals surface area contributed by atoms with Crippen LogP contribution in [-0.2, 0) is 16.0 Å². The second kappa shape index (κ2) is 8.23. The summed E-state index contributed by atoms with van der Waals surface area (Å²) in [4.78, 5) is 22.5. The molecule has 5 nitrogen and oxygen atoms in total. The van der Waals surface area contributed by atoms with Gasteiger partial charge in [0.2, 0.25) is 5.91 Å². The fourth-order valence-electron chi connectivity index (χ4n) is 1.53. The van der Waals surface area contributed by atoms with Crippen molar-refractivity contribution >= 4 is 29.3 Å². The number of rotatable bonds is 7. The molecule has 1 aromatic carbocycles. The van der Waals surface area contributed by atoms with Crippen LogP contribution >= 0.6 is 11.8 Å². The molecule has 0 saturated carbocycles. The minimum atomic E-state index is -0.897. The lowest BCUT2D eigenvalue weighted by atomic mass is 10.1. The van der Waals surface area contributed by atoms with Gasteiger partial charge < -0.3 is 10.4 Å². The van der Waals surface area contributed by atoms with Crippen LogP contribution in [0.3, 0.4) is 0 Å². The second-order valence-electron chi connectivity index (χ2n) is 4.13. The number of carbonyl (C=O) groups is 2. The Bertz CT molecular complexity index is 508. The molecule has 0 heterocycles. The Morgan fingerprint density at radius 2 is 2.05 bits per heavy atom. The van der Waals surface area contributed by atoms with Crippen molar-refractivity contribution in [2.45, 2.75) is 25.0 Å². The van der Waals surface area contributed by atoms with Gasteiger partial charge >= 0.3 is 5.97 Å². The molecule has 0 fully saturated rings. The number of benzene rings is 1. The molecule has 0 spiro atoms. The molecule has 0 bridgehead atoms. The first-order valence-corrected chi connectivity index (χ1v) is 7.21. The van der Waals surface area contributed by atoms with Crippen molar-refractivity contribution in [3.63, 3.8) is 0 Å². The van der Waals surface area contributed by atoms with Crippen LogP contribution in [-0.4, -0.2) is 28.0 Å². The molecule has 1 aromatic rings. The van der Waals surface area contributed by atoms with E-state index in [-0.39, 0.29) is 11.7 Å². The van der Waals surface area contributed by atoms with Gasteiger partial charge in [-0.05, 0) is 24.1 Å². The lowest BCUT2D eigenvalue weighted by molar-refractivity contribution is -0.136. The molecular weight excluding hydrogens is 276 g/mol. The first-order valence-electron chi connectivity index (χ1n) is 6.17. The van der Waals surface area contributed by atoms with Gasteiger partial charge in [-0.2, -0.15) is 5.26 Å². The van der Waals surface area contributed by atoms with Crippen molar-refractivity contribution in [1.29, 1.82) is 5.26 Å². The van der Waals surface area contributed by atoms with Gasteiger partial charge in [-0.15, -0.1) is 11.8 Å². The van der Waals surface area contributed by atoms with Gasteiger partial charge in [0.05, 0.1) is 18.2 Å². The van der Waals surface area contributed by atoms with Crippen molar-refractivity contribution in [2.24, 2.45) is 0 Å². The molecule has 1 rings (SSSR count). The lowest BCUT2D eigenvalue weighted by Gasteiger charge is -2.09. The molecule has 0 aliphatic heterocycles. The number of carboxylic acid groups (broad SMARTS) is 1. The fraction of sp³-hybridized carbons (Fsp3) is 0.357. The van der Waals surface area contributed by atoms with Crippen LogP contribution in [0.1, 0.15) is 18.9 Å². The van der Waals surface area contributed by atoms with Crippen LogP contribution in [0.4, 0.5) is 5.69 Å². The number of aliphatic carboxylic acids is 1. The summed E-state index contributed by atoms with van der Waals surface area (Å²) in [6.45, 7) is 1.78. The highest BCUT2D eigenvalue weighted by atomic mass is 32.2. The zero-order valence-electron chi connectivity index (χ0n) is 11.1. The Hall–Kier alpha value is -2.00. The highest BCUT2D eigenvalue weighted by Crippen LogP contribution is 2.16. The van der Waals surface area contributed by atoms with Crippen molar-refractivity contribution in [1.82, 2.24) is 0 Å². The van der Waals surface area contributed by atoms with Crippen LogP contribution < -0.4 is 5.32 Å². The predicted molar refractivity (Wildman–Crippen MR) is 78.6 cm³/mol. The van der Waals surface area contributed by atoms with Gasteiger partial charge in [-0.25, -0.2) is 0 Å². The van der Waals surface area contributed by atoms with Gasteiger partial charge in [0, 0.05) is 5.69 Å². The summed E-state index contributed by atoms with van der Waals surface area (Å²) in [5.74, 6) is -1.03. The number of amides is 1. The predicted octanol–water partition coefficient (Wildman–Crippen LogP) is 2.29. The molecule has 106 valence electrons. The smallest absolute Gasteiger partial charge is 0.316 e. The van der Waals surface area contributed by atoms with E-state index in [9.17, 15) is 9.59 Å². The van der Waals surface area contributed by atoms with Crippen molar-refractivity contribution in [2.75, 3.05) is 11.1 Å². The Balaban J connectivity index is 2.46. The third-order valence-corrected chi connectivity index (χ3v) is 3.95. The number of nitrogens with one attached hydrogen (secondary N) is 1. The maximum atomic E-state index is 11.7. The zero-order chi connectivity index (χ0) is 15.0. The number of nitrogens with zero attached hydrogens (tertiary/aromatic N) is 1. The Morgan fingerprint density at radius 3 is 2.55 bits per heavy atom. The van der Waals surface area contributed by atoms with E-state index in [1.54, 1.807) is 31.2 Å². The average Bonchev–Trinajstić information content (AvgIpc) is 2.41. The normalized spacial score (nSPS) is 11.4. The molecule has 6 heteroatoms. The highest BCUT2D eigenvalue weighted by molar-refractivity contribution is 8.01. The van der Waals surface area contributed by atoms with Crippen LogP contribution in [0.2, 0.25) is 0 Å². The number of carbonyl (C=O) groups excluding carboxylic acids is 1. The molecule has 1 unspecified atom stereocenters. The SMILES string of the molecule is CCC(SCC(=O)Nc1ccc(CC#N)cc1)C(=O)O. The minimum Gasteiger partial charge on any atom is -0.480 e. The van der Waals surface area contributed by atoms with E-state index in [1.807, 2.05) is 6.07 Å². The Morgan fingerprint density at radius 1 is 1.40 bits per heavy atom. The van der Waals surface area contributed by atoms with Gasteiger partial charge in [-0.1, -0.05) is 19.1 Å². The van der Waals surface area contributed by atoms with Crippen LogP contribution in [0.25, 0.3) is 0 Å². The van der Waals surface area contributed by atoms with Crippen LogP contribution in [0.5, 0.6) is 0 Å². The first kappa shape index (κ1) is 16.1. The van der Waals surface area contributed by atoms with Crippen molar-refractivity contribution in [3.05, 3.63) is 29.8 Å². The summed E-state index contributed by atoms with van der Waals surface area (Å²) in [5, 5.41) is 19.6. The zero-order valence-corrected chi connectivity index (χ0v) is 11.9. The monoisotopic (exact) mass is 292 g/mol. The quantitative estimate of drug-likeness (QED) is 0.804. The number of anilines is 1. The third kappa shape index (κ3) is 5.33. The summed E-state index contributed by atoms with van der Waals surface area (Å²) in [6.07, 6.45) is 0.816. The van der Waals surface area contributed by atoms with Gasteiger partial charge in [0.15, 0.2) is 0 Å². The maximum absolute atomic E-state index is 11.7. The Kier molecular flexibility index (Phi) is 6.60. The van der Waals surface area contributed by atoms with E-state index in [2.05, 4.69) is 5.32 Å². The molecule has 0 aliphatic rings. The largest absolute Gasteiger partial charge is 0.480 e. The molecule has 0 radical (unpaired) electrons. The summed E-state index contributed by atoms with van der Waals surface area (Å²) in [7, 11) is 0. The molecule has 0 aliphatic carbocycles. The van der Waals surface area contributed by atoms with E-state index in [1.165, 1.54) is 0 Å². The van der Waals surface area contributed by atoms with Gasteiger partial charge in [0.25, 0.3) is 0 Å². The molecule has 1 atom stereocenters. The van der Waals surface area contributed by atoms with E-state index in [0.717, 1.165) is 17.3 Å². The average molecular weight is 292 g/mol. The number of hydrogen-bond donors (Lipinski definition) is 2. The van der Waals surface area contributed by atoms with E-state index < -0.39 is 11.2 Å². The number of nitriles is 1. The highest BCUT2D eigenvalue weighted by Gasteiger charge is 2.16. The summed E-state index contributed by atoms with van der Waals surface area (Å²) in [6, 6.07) is 9.05. The van der Waals surface area contributed by atoms with E-state index >= 15 is 0 Å². The van der Waals surface area contributed by atoms with Crippen LogP contribution in [0, 0.1) is 11.3 Å². The van der Waals surface area contributed by atoms with Gasteiger partial charge in [0.1, 0.15) is 5.25 Å². The number of hydrogen-bond acceptors (Lipinski definition) is 4. The van der Waals surface area contributed by atoms with Crippen molar-refractivity contribution < 1.29 is 14.7 Å². The standard InChI is InChI=1S/C14H16N2O3S/c1-2-12(14(18)19)20-9-13(17)16-11-5-3-10(4-6-11)7-8-15/h3-6,12H,2,7,9H2,1H3,(H,16,17)(H,18,19). The topological polar surface area (TPSA) is 90.2 Å². The van der Waals surface area contributed by atoms with E-state index in [0.29, 0.717) is 18.5 Å². The summed E-state index contributed by atoms with van der Waals surface area (Å²) < 4.78 is 0. The molecule has 2 N–H and O–H groups in total. The number of carboxylic acids is 1. The molecule has 1 amide bonds. The van der Waals surface area contributed by atoms with Crippen LogP contribution in [0.15, 0.2) is 24.3 Å². The molecule has 20 heavy (non-hydrogen) atoms. The second-order valence-corrected chi connectivity index (χ2v) is 5.32. The fourth-order valence-corrected chi connectivity index (χ4v) is 2.34. The van der Waals surface area contributed by atoms with Crippen molar-refractivity contribution in [3.8, 4) is 6.07 Å². The van der Waals surface area contributed by atoms with Gasteiger partial charge in [-0.3, -0.25) is 9.59 Å². The summed E-state index contributed by atoms with van der Waals surface area (Å²) in [5.41, 5.74) is 1.53. The Labute approximate surface area is 122 Å². The molecule has 0 aromatic heterocycles. The first-order chi connectivity index (χ1) is 9.56. The minimum absolute atomic E-state index is 0.102. The molecule has 0 saturated heterocycles. The number of thioether (sulfide) groups is 1. The van der Waals surface area contributed by atoms with E-state index in [4.69, 9.17) is 10.4 Å².